The van der Waals surface area contributed by atoms with Crippen LogP contribution in [0.2, 0.25) is 0 Å². The molecule has 1 heterocycles. The summed E-state index contributed by atoms with van der Waals surface area (Å²) >= 11 is 1.68. The molecule has 1 aliphatic heterocycles. The van der Waals surface area contributed by atoms with E-state index >= 15 is 0 Å². The van der Waals surface area contributed by atoms with Crippen molar-refractivity contribution in [3.63, 3.8) is 0 Å². The molecule has 3 aromatic rings. The molecule has 1 aliphatic rings. The molecule has 4 nitrogen and oxygen atoms in total. The SMILES string of the molecule is CCc1ccc([C@H]2C(c3ccc(OC)cc3)=C(O)C(=O)N2Cc2ccc(SC)cc2)cc1. The molecule has 1 amide bonds. The van der Waals surface area contributed by atoms with Crippen molar-refractivity contribution < 1.29 is 14.6 Å². The van der Waals surface area contributed by atoms with E-state index in [1.807, 2.05) is 42.7 Å². The molecular formula is C27H27NO3S. The number of amides is 1. The van der Waals surface area contributed by atoms with E-state index < -0.39 is 0 Å². The Bertz CT molecular complexity index is 1120. The number of aliphatic hydroxyl groups excluding tert-OH is 1. The lowest BCUT2D eigenvalue weighted by atomic mass is 9.92. The van der Waals surface area contributed by atoms with Crippen LogP contribution >= 0.6 is 11.8 Å². The van der Waals surface area contributed by atoms with Crippen LogP contribution in [-0.2, 0) is 17.8 Å². The Morgan fingerprint density at radius 3 is 2.12 bits per heavy atom. The molecule has 0 saturated carbocycles. The van der Waals surface area contributed by atoms with Crippen LogP contribution in [0.4, 0.5) is 0 Å². The molecule has 0 aliphatic carbocycles. The molecule has 0 unspecified atom stereocenters. The average Bonchev–Trinajstić information content (AvgIpc) is 3.09. The van der Waals surface area contributed by atoms with Crippen molar-refractivity contribution in [1.29, 1.82) is 0 Å². The molecular weight excluding hydrogens is 418 g/mol. The molecule has 0 radical (unpaired) electrons. The Labute approximate surface area is 193 Å². The van der Waals surface area contributed by atoms with Gasteiger partial charge in [0.2, 0.25) is 0 Å². The van der Waals surface area contributed by atoms with Crippen molar-refractivity contribution >= 4 is 23.2 Å². The summed E-state index contributed by atoms with van der Waals surface area (Å²) in [4.78, 5) is 16.2. The highest BCUT2D eigenvalue weighted by atomic mass is 32.2. The maximum Gasteiger partial charge on any atom is 0.290 e. The summed E-state index contributed by atoms with van der Waals surface area (Å²) in [5.41, 5.74) is 4.67. The molecule has 0 fully saturated rings. The van der Waals surface area contributed by atoms with Gasteiger partial charge >= 0.3 is 0 Å². The third-order valence-electron chi connectivity index (χ3n) is 5.92. The minimum Gasteiger partial charge on any atom is -0.503 e. The van der Waals surface area contributed by atoms with E-state index in [2.05, 4.69) is 43.3 Å². The maximum absolute atomic E-state index is 13.2. The van der Waals surface area contributed by atoms with Gasteiger partial charge in [-0.1, -0.05) is 55.5 Å². The smallest absolute Gasteiger partial charge is 0.290 e. The van der Waals surface area contributed by atoms with E-state index in [9.17, 15) is 9.90 Å². The van der Waals surface area contributed by atoms with Crippen LogP contribution < -0.4 is 4.74 Å². The number of ether oxygens (including phenoxy) is 1. The first kappa shape index (κ1) is 22.0. The number of carbonyl (C=O) groups excluding carboxylic acids is 1. The molecule has 0 bridgehead atoms. The van der Waals surface area contributed by atoms with Crippen LogP contribution in [0.15, 0.2) is 83.5 Å². The summed E-state index contributed by atoms with van der Waals surface area (Å²) in [5, 5.41) is 11.0. The highest BCUT2D eigenvalue weighted by molar-refractivity contribution is 7.98. The number of hydrogen-bond donors (Lipinski definition) is 1. The molecule has 32 heavy (non-hydrogen) atoms. The minimum absolute atomic E-state index is 0.194. The predicted octanol–water partition coefficient (Wildman–Crippen LogP) is 6.03. The quantitative estimate of drug-likeness (QED) is 0.451. The molecule has 1 N–H and O–H groups in total. The molecule has 4 rings (SSSR count). The van der Waals surface area contributed by atoms with Gasteiger partial charge in [0.15, 0.2) is 5.76 Å². The fourth-order valence-corrected chi connectivity index (χ4v) is 4.50. The average molecular weight is 446 g/mol. The fraction of sp³-hybridized carbons (Fsp3) is 0.222. The van der Waals surface area contributed by atoms with Crippen LogP contribution in [0.25, 0.3) is 5.57 Å². The Kier molecular flexibility index (Phi) is 6.56. The molecule has 5 heteroatoms. The normalized spacial score (nSPS) is 16.0. The van der Waals surface area contributed by atoms with Gasteiger partial charge < -0.3 is 14.7 Å². The standard InChI is InChI=1S/C27H27NO3S/c1-4-18-5-9-21(10-6-18)25-24(20-11-13-22(31-2)14-12-20)26(29)27(30)28(25)17-19-7-15-23(32-3)16-8-19/h5-16,25,29H,4,17H2,1-3H3/t25-/m0/s1. The van der Waals surface area contributed by atoms with Gasteiger partial charge in [-0.25, -0.2) is 0 Å². The van der Waals surface area contributed by atoms with E-state index in [0.717, 1.165) is 28.9 Å². The summed E-state index contributed by atoms with van der Waals surface area (Å²) in [7, 11) is 1.62. The number of methoxy groups -OCH3 is 1. The Morgan fingerprint density at radius 1 is 0.938 bits per heavy atom. The molecule has 3 aromatic carbocycles. The maximum atomic E-state index is 13.2. The van der Waals surface area contributed by atoms with Gasteiger partial charge in [0.05, 0.1) is 13.2 Å². The summed E-state index contributed by atoms with van der Waals surface area (Å²) in [6, 6.07) is 23.6. The number of aliphatic hydroxyl groups is 1. The molecule has 0 saturated heterocycles. The lowest BCUT2D eigenvalue weighted by Gasteiger charge is -2.28. The number of thioether (sulfide) groups is 1. The van der Waals surface area contributed by atoms with Crippen molar-refractivity contribution in [3.05, 3.63) is 101 Å². The first-order valence-corrected chi connectivity index (χ1v) is 11.9. The van der Waals surface area contributed by atoms with Crippen LogP contribution in [0, 0.1) is 0 Å². The van der Waals surface area contributed by atoms with E-state index in [1.54, 1.807) is 23.8 Å². The van der Waals surface area contributed by atoms with Crippen molar-refractivity contribution in [2.45, 2.75) is 30.8 Å². The van der Waals surface area contributed by atoms with Gasteiger partial charge in [-0.05, 0) is 59.2 Å². The number of nitrogens with zero attached hydrogens (tertiary/aromatic N) is 1. The largest absolute Gasteiger partial charge is 0.503 e. The van der Waals surface area contributed by atoms with Gasteiger partial charge in [0.1, 0.15) is 5.75 Å². The van der Waals surface area contributed by atoms with E-state index in [0.29, 0.717) is 12.1 Å². The topological polar surface area (TPSA) is 49.8 Å². The molecule has 164 valence electrons. The van der Waals surface area contributed by atoms with Crippen molar-refractivity contribution in [2.24, 2.45) is 0 Å². The van der Waals surface area contributed by atoms with Gasteiger partial charge in [-0.15, -0.1) is 11.8 Å². The van der Waals surface area contributed by atoms with Gasteiger partial charge in [0.25, 0.3) is 5.91 Å². The summed E-state index contributed by atoms with van der Waals surface area (Å²) in [5.74, 6) is 0.183. The second-order valence-electron chi connectivity index (χ2n) is 7.77. The molecule has 1 atom stereocenters. The fourth-order valence-electron chi connectivity index (χ4n) is 4.09. The minimum atomic E-state index is -0.373. The van der Waals surface area contributed by atoms with Crippen LogP contribution in [0.5, 0.6) is 5.75 Å². The van der Waals surface area contributed by atoms with Crippen LogP contribution in [-0.4, -0.2) is 29.3 Å². The zero-order chi connectivity index (χ0) is 22.7. The van der Waals surface area contributed by atoms with E-state index in [4.69, 9.17) is 4.74 Å². The second kappa shape index (κ2) is 9.53. The first-order valence-electron chi connectivity index (χ1n) is 10.7. The Hall–Kier alpha value is -3.18. The van der Waals surface area contributed by atoms with Crippen molar-refractivity contribution in [2.75, 3.05) is 13.4 Å². The highest BCUT2D eigenvalue weighted by Crippen LogP contribution is 2.44. The number of aryl methyl sites for hydroxylation is 1. The Balaban J connectivity index is 1.76. The lowest BCUT2D eigenvalue weighted by molar-refractivity contribution is -0.130. The predicted molar refractivity (Wildman–Crippen MR) is 130 cm³/mol. The summed E-state index contributed by atoms with van der Waals surface area (Å²) < 4.78 is 5.28. The lowest BCUT2D eigenvalue weighted by Crippen LogP contribution is -2.29. The first-order chi connectivity index (χ1) is 15.5. The third kappa shape index (κ3) is 4.26. The van der Waals surface area contributed by atoms with Crippen molar-refractivity contribution in [3.8, 4) is 5.75 Å². The zero-order valence-electron chi connectivity index (χ0n) is 18.5. The number of benzene rings is 3. The number of hydrogen-bond acceptors (Lipinski definition) is 4. The highest BCUT2D eigenvalue weighted by Gasteiger charge is 2.41. The zero-order valence-corrected chi connectivity index (χ0v) is 19.4. The third-order valence-corrected chi connectivity index (χ3v) is 6.66. The van der Waals surface area contributed by atoms with Crippen LogP contribution in [0.1, 0.15) is 35.2 Å². The number of rotatable bonds is 7. The second-order valence-corrected chi connectivity index (χ2v) is 8.65. The number of carbonyl (C=O) groups is 1. The van der Waals surface area contributed by atoms with Gasteiger partial charge in [-0.3, -0.25) is 4.79 Å². The summed E-state index contributed by atoms with van der Waals surface area (Å²) in [6.07, 6.45) is 2.99. The van der Waals surface area contributed by atoms with E-state index in [1.165, 1.54) is 10.5 Å². The Morgan fingerprint density at radius 2 is 1.56 bits per heavy atom. The van der Waals surface area contributed by atoms with Gasteiger partial charge in [0, 0.05) is 17.0 Å². The van der Waals surface area contributed by atoms with E-state index in [-0.39, 0.29) is 17.7 Å². The summed E-state index contributed by atoms with van der Waals surface area (Å²) in [6.45, 7) is 2.53. The monoisotopic (exact) mass is 445 g/mol. The van der Waals surface area contributed by atoms with Crippen LogP contribution in [0.3, 0.4) is 0 Å². The van der Waals surface area contributed by atoms with Gasteiger partial charge in [-0.2, -0.15) is 0 Å². The molecule has 0 aromatic heterocycles. The molecule has 0 spiro atoms. The van der Waals surface area contributed by atoms with Crippen molar-refractivity contribution in [1.82, 2.24) is 4.90 Å².